The zero-order chi connectivity index (χ0) is 13.2. The molecule has 5 nitrogen and oxygen atoms in total. The number of hydrogen-bond donors (Lipinski definition) is 2. The fraction of sp³-hybridized carbons (Fsp3) is 0.692. The minimum Gasteiger partial charge on any atom is -0.480 e. The van der Waals surface area contributed by atoms with Gasteiger partial charge in [-0.05, 0) is 45.6 Å². The number of carboxylic acids is 1. The highest BCUT2D eigenvalue weighted by Crippen LogP contribution is 2.35. The number of rotatable bonds is 4. The number of aliphatic carboxylic acids is 1. The lowest BCUT2D eigenvalue weighted by Crippen LogP contribution is -2.57. The second kappa shape index (κ2) is 5.10. The Kier molecular flexibility index (Phi) is 3.71. The summed E-state index contributed by atoms with van der Waals surface area (Å²) in [6.45, 7) is 3.98. The Morgan fingerprint density at radius 1 is 1.61 bits per heavy atom. The van der Waals surface area contributed by atoms with Crippen molar-refractivity contribution in [2.24, 2.45) is 0 Å². The van der Waals surface area contributed by atoms with Crippen LogP contribution in [0.3, 0.4) is 0 Å². The van der Waals surface area contributed by atoms with Crippen molar-refractivity contribution >= 4 is 5.97 Å². The van der Waals surface area contributed by atoms with E-state index in [1.54, 1.807) is 6.20 Å². The second-order valence-corrected chi connectivity index (χ2v) is 5.42. The lowest BCUT2D eigenvalue weighted by Gasteiger charge is -2.39. The number of carboxylic acid groups (broad SMARTS) is 1. The number of carbonyl (C=O) groups is 1. The van der Waals surface area contributed by atoms with E-state index in [0.29, 0.717) is 12.8 Å². The maximum Gasteiger partial charge on any atom is 0.323 e. The van der Waals surface area contributed by atoms with Crippen LogP contribution in [0.1, 0.15) is 45.6 Å². The third-order valence-electron chi connectivity index (χ3n) is 3.60. The van der Waals surface area contributed by atoms with E-state index in [9.17, 15) is 9.90 Å². The summed E-state index contributed by atoms with van der Waals surface area (Å²) in [4.78, 5) is 11.6. The smallest absolute Gasteiger partial charge is 0.323 e. The zero-order valence-electron chi connectivity index (χ0n) is 11.0. The summed E-state index contributed by atoms with van der Waals surface area (Å²) < 4.78 is 1.89. The molecule has 1 aromatic rings. The largest absolute Gasteiger partial charge is 0.480 e. The fourth-order valence-corrected chi connectivity index (χ4v) is 2.91. The average Bonchev–Trinajstić information content (AvgIpc) is 2.81. The van der Waals surface area contributed by atoms with E-state index in [-0.39, 0.29) is 12.1 Å². The highest BCUT2D eigenvalue weighted by Gasteiger charge is 2.43. The molecule has 5 heteroatoms. The molecule has 18 heavy (non-hydrogen) atoms. The predicted octanol–water partition coefficient (Wildman–Crippen LogP) is 1.82. The predicted molar refractivity (Wildman–Crippen MR) is 68.4 cm³/mol. The van der Waals surface area contributed by atoms with Crippen molar-refractivity contribution in [2.75, 3.05) is 0 Å². The molecular weight excluding hydrogens is 230 g/mol. The number of aromatic nitrogens is 2. The van der Waals surface area contributed by atoms with Crippen molar-refractivity contribution < 1.29 is 9.90 Å². The first kappa shape index (κ1) is 13.1. The first-order chi connectivity index (χ1) is 8.53. The van der Waals surface area contributed by atoms with Crippen molar-refractivity contribution in [1.82, 2.24) is 15.1 Å². The lowest BCUT2D eigenvalue weighted by molar-refractivity contribution is -0.147. The monoisotopic (exact) mass is 251 g/mol. The second-order valence-electron chi connectivity index (χ2n) is 5.42. The highest BCUT2D eigenvalue weighted by molar-refractivity contribution is 5.79. The zero-order valence-corrected chi connectivity index (χ0v) is 11.0. The van der Waals surface area contributed by atoms with Gasteiger partial charge in [-0.3, -0.25) is 14.8 Å². The molecule has 1 aliphatic rings. The summed E-state index contributed by atoms with van der Waals surface area (Å²) >= 11 is 0. The van der Waals surface area contributed by atoms with Crippen LogP contribution < -0.4 is 5.32 Å². The average molecular weight is 251 g/mol. The third kappa shape index (κ3) is 2.56. The Morgan fingerprint density at radius 3 is 2.94 bits per heavy atom. The van der Waals surface area contributed by atoms with Gasteiger partial charge in [0.25, 0.3) is 0 Å². The Bertz CT molecular complexity index is 402. The van der Waals surface area contributed by atoms with Crippen LogP contribution in [-0.4, -0.2) is 32.4 Å². The van der Waals surface area contributed by atoms with Crippen molar-refractivity contribution in [3.05, 3.63) is 18.5 Å². The van der Waals surface area contributed by atoms with Gasteiger partial charge in [0, 0.05) is 18.4 Å². The van der Waals surface area contributed by atoms with E-state index in [1.165, 1.54) is 0 Å². The van der Waals surface area contributed by atoms with Crippen molar-refractivity contribution in [3.8, 4) is 0 Å². The molecule has 1 fully saturated rings. The van der Waals surface area contributed by atoms with E-state index in [2.05, 4.69) is 10.4 Å². The van der Waals surface area contributed by atoms with Crippen LogP contribution in [0.2, 0.25) is 0 Å². The standard InChI is InChI=1S/C13H21N3O2/c1-10(2)15-13(12(17)18)6-3-5-11(9-13)16-8-4-7-14-16/h4,7-8,10-11,15H,3,5-6,9H2,1-2H3,(H,17,18). The number of nitrogens with zero attached hydrogens (tertiary/aromatic N) is 2. The lowest BCUT2D eigenvalue weighted by atomic mass is 9.78. The molecule has 100 valence electrons. The molecule has 2 unspecified atom stereocenters. The summed E-state index contributed by atoms with van der Waals surface area (Å²) in [7, 11) is 0. The molecule has 0 aromatic carbocycles. The molecule has 1 saturated carbocycles. The molecule has 1 aromatic heterocycles. The summed E-state index contributed by atoms with van der Waals surface area (Å²) in [5.41, 5.74) is -0.803. The molecule has 1 heterocycles. The Morgan fingerprint density at radius 2 is 2.39 bits per heavy atom. The van der Waals surface area contributed by atoms with Crippen LogP contribution in [0.25, 0.3) is 0 Å². The van der Waals surface area contributed by atoms with Crippen LogP contribution >= 0.6 is 0 Å². The highest BCUT2D eigenvalue weighted by atomic mass is 16.4. The molecule has 0 spiro atoms. The van der Waals surface area contributed by atoms with E-state index in [1.807, 2.05) is 30.8 Å². The van der Waals surface area contributed by atoms with E-state index >= 15 is 0 Å². The molecule has 2 atom stereocenters. The Hall–Kier alpha value is -1.36. The van der Waals surface area contributed by atoms with Crippen LogP contribution in [0.4, 0.5) is 0 Å². The van der Waals surface area contributed by atoms with Crippen LogP contribution in [0, 0.1) is 0 Å². The van der Waals surface area contributed by atoms with E-state index in [0.717, 1.165) is 12.8 Å². The van der Waals surface area contributed by atoms with Gasteiger partial charge in [-0.2, -0.15) is 5.10 Å². The molecule has 1 aliphatic carbocycles. The Balaban J connectivity index is 2.18. The van der Waals surface area contributed by atoms with Crippen molar-refractivity contribution in [3.63, 3.8) is 0 Å². The van der Waals surface area contributed by atoms with E-state index in [4.69, 9.17) is 0 Å². The normalized spacial score (nSPS) is 28.5. The van der Waals surface area contributed by atoms with Gasteiger partial charge in [0.2, 0.25) is 0 Å². The van der Waals surface area contributed by atoms with Gasteiger partial charge in [-0.25, -0.2) is 0 Å². The molecule has 2 N–H and O–H groups in total. The first-order valence-electron chi connectivity index (χ1n) is 6.54. The molecule has 0 radical (unpaired) electrons. The van der Waals surface area contributed by atoms with Crippen LogP contribution in [0.15, 0.2) is 18.5 Å². The summed E-state index contributed by atoms with van der Waals surface area (Å²) in [6, 6.07) is 2.22. The maximum absolute atomic E-state index is 11.6. The van der Waals surface area contributed by atoms with Gasteiger partial charge in [0.15, 0.2) is 0 Å². The Labute approximate surface area is 107 Å². The minimum absolute atomic E-state index is 0.164. The number of hydrogen-bond acceptors (Lipinski definition) is 3. The topological polar surface area (TPSA) is 67.2 Å². The molecule has 0 aliphatic heterocycles. The third-order valence-corrected chi connectivity index (χ3v) is 3.60. The van der Waals surface area contributed by atoms with Crippen molar-refractivity contribution in [1.29, 1.82) is 0 Å². The van der Waals surface area contributed by atoms with E-state index < -0.39 is 11.5 Å². The van der Waals surface area contributed by atoms with Gasteiger partial charge >= 0.3 is 5.97 Å². The SMILES string of the molecule is CC(C)NC1(C(=O)O)CCCC(n2cccn2)C1. The fourth-order valence-electron chi connectivity index (χ4n) is 2.91. The van der Waals surface area contributed by atoms with Crippen LogP contribution in [0.5, 0.6) is 0 Å². The van der Waals surface area contributed by atoms with Gasteiger partial charge < -0.3 is 5.11 Å². The van der Waals surface area contributed by atoms with Gasteiger partial charge in [-0.1, -0.05) is 0 Å². The maximum atomic E-state index is 11.6. The van der Waals surface area contributed by atoms with Gasteiger partial charge in [0.1, 0.15) is 5.54 Å². The molecular formula is C13H21N3O2. The molecule has 2 rings (SSSR count). The molecule has 0 saturated heterocycles. The van der Waals surface area contributed by atoms with Crippen LogP contribution in [-0.2, 0) is 4.79 Å². The molecule has 0 amide bonds. The quantitative estimate of drug-likeness (QED) is 0.856. The van der Waals surface area contributed by atoms with Gasteiger partial charge in [-0.15, -0.1) is 0 Å². The minimum atomic E-state index is -0.803. The summed E-state index contributed by atoms with van der Waals surface area (Å²) in [5, 5.41) is 17.0. The molecule has 0 bridgehead atoms. The number of nitrogens with one attached hydrogen (secondary N) is 1. The summed E-state index contributed by atoms with van der Waals surface area (Å²) in [5.74, 6) is -0.743. The van der Waals surface area contributed by atoms with Crippen molar-refractivity contribution in [2.45, 2.75) is 57.2 Å². The first-order valence-corrected chi connectivity index (χ1v) is 6.54. The van der Waals surface area contributed by atoms with Gasteiger partial charge in [0.05, 0.1) is 6.04 Å². The summed E-state index contributed by atoms with van der Waals surface area (Å²) in [6.07, 6.45) is 6.86.